The zero-order valence-corrected chi connectivity index (χ0v) is 18.4. The second kappa shape index (κ2) is 10.4. The number of anilines is 1. The number of benzodiazepines with no additional fused rings is 1. The van der Waals surface area contributed by atoms with E-state index in [9.17, 15) is 14.4 Å². The number of benzene rings is 2. The van der Waals surface area contributed by atoms with E-state index in [1.165, 1.54) is 9.80 Å². The maximum Gasteiger partial charge on any atom is 0.272 e. The Kier molecular flexibility index (Phi) is 7.59. The minimum atomic E-state index is -1.13. The molecule has 3 rings (SSSR count). The lowest BCUT2D eigenvalue weighted by Gasteiger charge is -2.30. The second-order valence-electron chi connectivity index (χ2n) is 7.05. The lowest BCUT2D eigenvalue weighted by Crippen LogP contribution is -2.54. The molecule has 0 bridgehead atoms. The largest absolute Gasteiger partial charge is 0.314 e. The van der Waals surface area contributed by atoms with Gasteiger partial charge in [0.25, 0.3) is 5.91 Å². The Bertz CT molecular complexity index is 980. The summed E-state index contributed by atoms with van der Waals surface area (Å²) in [5.74, 6) is -0.487. The van der Waals surface area contributed by atoms with E-state index in [2.05, 4.69) is 17.9 Å². The first kappa shape index (κ1) is 22.7. The molecule has 0 aliphatic carbocycles. The van der Waals surface area contributed by atoms with Crippen molar-refractivity contribution in [3.63, 3.8) is 0 Å². The van der Waals surface area contributed by atoms with Gasteiger partial charge in [0.1, 0.15) is 0 Å². The number of carbonyl (C=O) groups is 2. The Labute approximate surface area is 187 Å². The number of likely N-dealkylation sites (N-methyl/N-ethyl adjacent to an activating group) is 2. The molecule has 1 aliphatic rings. The van der Waals surface area contributed by atoms with Gasteiger partial charge in [0.15, 0.2) is 0 Å². The summed E-state index contributed by atoms with van der Waals surface area (Å²) in [5.41, 5.74) is 2.65. The quantitative estimate of drug-likeness (QED) is 0.616. The highest BCUT2D eigenvalue weighted by Gasteiger charge is 2.37. The highest BCUT2D eigenvalue weighted by molar-refractivity contribution is 7.80. The monoisotopic (exact) mass is 437 g/mol. The van der Waals surface area contributed by atoms with Crippen molar-refractivity contribution in [3.8, 4) is 0 Å². The van der Waals surface area contributed by atoms with Crippen LogP contribution >= 0.6 is 12.6 Å². The number of fused-ring (bicyclic) bond motifs is 1. The minimum absolute atomic E-state index is 0.255. The van der Waals surface area contributed by atoms with Crippen molar-refractivity contribution in [1.82, 2.24) is 10.2 Å². The molecular weight excluding hydrogens is 412 g/mol. The molecule has 2 amide bonds. The molecule has 0 spiro atoms. The molecule has 0 saturated heterocycles. The zero-order chi connectivity index (χ0) is 22.4. The molecule has 2 aromatic rings. The summed E-state index contributed by atoms with van der Waals surface area (Å²) in [7, 11) is 1.55. The number of nitrogens with zero attached hydrogens (tertiary/aromatic N) is 3. The summed E-state index contributed by atoms with van der Waals surface area (Å²) in [6.45, 7) is 2.22. The van der Waals surface area contributed by atoms with Crippen molar-refractivity contribution < 1.29 is 14.4 Å². The van der Waals surface area contributed by atoms with Gasteiger partial charge >= 0.3 is 0 Å². The second-order valence-corrected chi connectivity index (χ2v) is 7.41. The standard InChI is InChI=1S/C23H25N4O3S/c1-3-24-18(15-31)22(29)26(2)21-23(30)27(13-14-28)19-12-8-7-11-17(19)20(25-21)16-9-5-4-6-10-16/h4-12,18,21,24,31H,3,13,15H2,1-2H3. The molecule has 161 valence electrons. The Balaban J connectivity index is 2.15. The van der Waals surface area contributed by atoms with Crippen molar-refractivity contribution in [2.75, 3.05) is 30.8 Å². The van der Waals surface area contributed by atoms with Crippen molar-refractivity contribution in [2.24, 2.45) is 4.99 Å². The lowest BCUT2D eigenvalue weighted by molar-refractivity contribution is -0.138. The van der Waals surface area contributed by atoms with E-state index in [0.29, 0.717) is 23.5 Å². The number of thiol groups is 1. The number of para-hydroxylation sites is 1. The van der Waals surface area contributed by atoms with Crippen molar-refractivity contribution in [2.45, 2.75) is 19.1 Å². The molecule has 0 fully saturated rings. The predicted molar refractivity (Wildman–Crippen MR) is 124 cm³/mol. The maximum absolute atomic E-state index is 13.5. The van der Waals surface area contributed by atoms with Gasteiger partial charge in [-0.1, -0.05) is 55.5 Å². The van der Waals surface area contributed by atoms with Gasteiger partial charge in [0.05, 0.1) is 24.0 Å². The van der Waals surface area contributed by atoms with Gasteiger partial charge in [-0.3, -0.25) is 14.4 Å². The van der Waals surface area contributed by atoms with Crippen LogP contribution in [0.2, 0.25) is 0 Å². The molecule has 2 atom stereocenters. The molecule has 1 N–H and O–H groups in total. The molecule has 2 unspecified atom stereocenters. The van der Waals surface area contributed by atoms with Crippen LogP contribution in [-0.4, -0.2) is 66.8 Å². The van der Waals surface area contributed by atoms with Crippen molar-refractivity contribution >= 4 is 42.1 Å². The summed E-state index contributed by atoms with van der Waals surface area (Å²) in [6, 6.07) is 16.2. The van der Waals surface area contributed by atoms with Gasteiger partial charge < -0.3 is 15.1 Å². The van der Waals surface area contributed by atoms with Crippen LogP contribution in [-0.2, 0) is 14.4 Å². The molecule has 2 aromatic carbocycles. The van der Waals surface area contributed by atoms with Crippen LogP contribution in [0.5, 0.6) is 0 Å². The fraction of sp³-hybridized carbons (Fsp3) is 0.304. The summed E-state index contributed by atoms with van der Waals surface area (Å²) >= 11 is 4.27. The van der Waals surface area contributed by atoms with Crippen LogP contribution in [0.25, 0.3) is 0 Å². The number of hydrogen-bond donors (Lipinski definition) is 2. The van der Waals surface area contributed by atoms with Crippen molar-refractivity contribution in [3.05, 3.63) is 65.7 Å². The number of rotatable bonds is 8. The molecule has 1 heterocycles. The SMILES string of the molecule is CCNC(CS)C(=O)N(C)C1N=C(c2ccccc2)c2ccccc2N(C[C]=O)C1=O. The number of carbonyl (C=O) groups excluding carboxylic acids is 3. The molecule has 31 heavy (non-hydrogen) atoms. The zero-order valence-electron chi connectivity index (χ0n) is 17.5. The van der Waals surface area contributed by atoms with E-state index in [1.54, 1.807) is 19.2 Å². The number of amides is 2. The molecule has 0 aromatic heterocycles. The summed E-state index contributed by atoms with van der Waals surface area (Å²) < 4.78 is 0. The Morgan fingerprint density at radius 3 is 2.55 bits per heavy atom. The summed E-state index contributed by atoms with van der Waals surface area (Å²) in [4.78, 5) is 45.3. The van der Waals surface area contributed by atoms with E-state index >= 15 is 0 Å². The molecule has 1 radical (unpaired) electrons. The van der Waals surface area contributed by atoms with E-state index in [1.807, 2.05) is 55.7 Å². The molecular formula is C23H25N4O3S. The highest BCUT2D eigenvalue weighted by atomic mass is 32.1. The fourth-order valence-electron chi connectivity index (χ4n) is 3.56. The smallest absolute Gasteiger partial charge is 0.272 e. The van der Waals surface area contributed by atoms with E-state index < -0.39 is 18.1 Å². The third-order valence-corrected chi connectivity index (χ3v) is 5.47. The third kappa shape index (κ3) is 4.70. The van der Waals surface area contributed by atoms with Crippen LogP contribution < -0.4 is 10.2 Å². The number of hydrogen-bond acceptors (Lipinski definition) is 6. The van der Waals surface area contributed by atoms with E-state index in [4.69, 9.17) is 4.99 Å². The van der Waals surface area contributed by atoms with Gasteiger partial charge in [-0.05, 0) is 12.6 Å². The minimum Gasteiger partial charge on any atom is -0.314 e. The van der Waals surface area contributed by atoms with E-state index in [0.717, 1.165) is 5.56 Å². The van der Waals surface area contributed by atoms with Crippen LogP contribution in [0.3, 0.4) is 0 Å². The average Bonchev–Trinajstić information content (AvgIpc) is 2.92. The van der Waals surface area contributed by atoms with Crippen LogP contribution in [0.15, 0.2) is 59.6 Å². The molecule has 0 saturated carbocycles. The summed E-state index contributed by atoms with van der Waals surface area (Å²) in [5, 5.41) is 3.08. The maximum atomic E-state index is 13.5. The summed E-state index contributed by atoms with van der Waals surface area (Å²) in [6.07, 6.45) is 0.675. The van der Waals surface area contributed by atoms with Gasteiger partial charge in [-0.25, -0.2) is 4.99 Å². The molecule has 1 aliphatic heterocycles. The normalized spacial score (nSPS) is 16.7. The third-order valence-electron chi connectivity index (χ3n) is 5.10. The van der Waals surface area contributed by atoms with Gasteiger partial charge in [-0.15, -0.1) is 0 Å². The topological polar surface area (TPSA) is 82.1 Å². The van der Waals surface area contributed by atoms with Gasteiger partial charge in [-0.2, -0.15) is 12.6 Å². The average molecular weight is 438 g/mol. The van der Waals surface area contributed by atoms with Crippen LogP contribution in [0.1, 0.15) is 18.1 Å². The number of nitrogens with one attached hydrogen (secondary N) is 1. The Morgan fingerprint density at radius 1 is 1.23 bits per heavy atom. The first-order chi connectivity index (χ1) is 15.0. The lowest BCUT2D eigenvalue weighted by atomic mass is 10.0. The van der Waals surface area contributed by atoms with Gasteiger partial charge in [0.2, 0.25) is 18.4 Å². The van der Waals surface area contributed by atoms with Crippen molar-refractivity contribution in [1.29, 1.82) is 0 Å². The number of aliphatic imine (C=N–C) groups is 1. The Hall–Kier alpha value is -2.97. The predicted octanol–water partition coefficient (Wildman–Crippen LogP) is 1.67. The molecule has 8 heteroatoms. The Morgan fingerprint density at radius 2 is 1.90 bits per heavy atom. The molecule has 7 nitrogen and oxygen atoms in total. The highest BCUT2D eigenvalue weighted by Crippen LogP contribution is 2.29. The van der Waals surface area contributed by atoms with Gasteiger partial charge in [0, 0.05) is 23.9 Å². The first-order valence-corrected chi connectivity index (χ1v) is 10.7. The van der Waals surface area contributed by atoms with E-state index in [-0.39, 0.29) is 18.2 Å². The fourth-order valence-corrected chi connectivity index (χ4v) is 3.85. The first-order valence-electron chi connectivity index (χ1n) is 10.0. The van der Waals surface area contributed by atoms with Crippen LogP contribution in [0.4, 0.5) is 5.69 Å². The van der Waals surface area contributed by atoms with Crippen LogP contribution in [0, 0.1) is 0 Å².